The summed E-state index contributed by atoms with van der Waals surface area (Å²) in [4.78, 5) is 24.8. The van der Waals surface area contributed by atoms with Crippen molar-refractivity contribution in [1.82, 2.24) is 10.6 Å². The molecule has 9 heteroatoms. The highest BCUT2D eigenvalue weighted by Gasteiger charge is 2.36. The Hall–Kier alpha value is -2.12. The third-order valence-electron chi connectivity index (χ3n) is 4.11. The zero-order valence-electron chi connectivity index (χ0n) is 16.3. The molecule has 1 aromatic carbocycles. The lowest BCUT2D eigenvalue weighted by atomic mass is 9.93. The number of nitrogens with one attached hydrogen (secondary N) is 2. The summed E-state index contributed by atoms with van der Waals surface area (Å²) < 4.78 is 16.2. The van der Waals surface area contributed by atoms with Crippen LogP contribution in [0.15, 0.2) is 17.3 Å². The van der Waals surface area contributed by atoms with Gasteiger partial charge in [-0.25, -0.2) is 9.59 Å². The number of urea groups is 1. The Balaban J connectivity index is 2.73. The Morgan fingerprint density at radius 3 is 2.36 bits per heavy atom. The monoisotopic (exact) mass is 430 g/mol. The minimum absolute atomic E-state index is 0.181. The molecule has 0 aromatic heterocycles. The van der Waals surface area contributed by atoms with Crippen LogP contribution in [0, 0.1) is 0 Å². The van der Waals surface area contributed by atoms with Crippen molar-refractivity contribution >= 4 is 35.2 Å². The highest BCUT2D eigenvalue weighted by molar-refractivity contribution is 6.38. The second kappa shape index (κ2) is 9.89. The molecule has 0 radical (unpaired) electrons. The topological polar surface area (TPSA) is 85.9 Å². The van der Waals surface area contributed by atoms with Crippen LogP contribution in [-0.4, -0.2) is 32.3 Å². The SMILES string of the molecule is CCCC1=C(C(=O)OC)C(c2cc(Cl)c(OCC)c(Cl)c2OCC)NC(=O)N1. The Morgan fingerprint density at radius 1 is 1.14 bits per heavy atom. The first kappa shape index (κ1) is 22.2. The van der Waals surface area contributed by atoms with Crippen LogP contribution in [0.3, 0.4) is 0 Å². The van der Waals surface area contributed by atoms with Gasteiger partial charge in [0.2, 0.25) is 0 Å². The molecule has 1 unspecified atom stereocenters. The molecule has 1 heterocycles. The average Bonchev–Trinajstić information content (AvgIpc) is 2.66. The summed E-state index contributed by atoms with van der Waals surface area (Å²) in [6.07, 6.45) is 1.22. The zero-order chi connectivity index (χ0) is 20.8. The van der Waals surface area contributed by atoms with E-state index in [0.29, 0.717) is 36.6 Å². The van der Waals surface area contributed by atoms with Crippen LogP contribution in [0.5, 0.6) is 11.5 Å². The van der Waals surface area contributed by atoms with E-state index >= 15 is 0 Å². The van der Waals surface area contributed by atoms with E-state index in [4.69, 9.17) is 37.4 Å². The standard InChI is InChI=1S/C19H24Cl2N2O5/c1-5-8-12-13(18(24)26-4)15(23-19(25)22-12)10-9-11(20)17(28-7-3)14(21)16(10)27-6-2/h9,15H,5-8H2,1-4H3,(H2,22,23,25). The first-order valence-corrected chi connectivity index (χ1v) is 9.81. The maximum atomic E-state index is 12.5. The number of methoxy groups -OCH3 is 1. The fraction of sp³-hybridized carbons (Fsp3) is 0.474. The van der Waals surface area contributed by atoms with Crippen LogP contribution in [-0.2, 0) is 9.53 Å². The molecule has 1 aliphatic heterocycles. The average molecular weight is 431 g/mol. The van der Waals surface area contributed by atoms with Crippen molar-refractivity contribution in [2.75, 3.05) is 20.3 Å². The number of hydrogen-bond donors (Lipinski definition) is 2. The maximum absolute atomic E-state index is 12.5. The van der Waals surface area contributed by atoms with E-state index in [1.165, 1.54) is 7.11 Å². The van der Waals surface area contributed by atoms with Crippen LogP contribution >= 0.6 is 23.2 Å². The molecule has 154 valence electrons. The number of hydrogen-bond acceptors (Lipinski definition) is 5. The predicted octanol–water partition coefficient (Wildman–Crippen LogP) is 4.37. The molecule has 7 nitrogen and oxygen atoms in total. The quantitative estimate of drug-likeness (QED) is 0.597. The van der Waals surface area contributed by atoms with Crippen LogP contribution in [0.25, 0.3) is 0 Å². The second-order valence-electron chi connectivity index (χ2n) is 5.95. The van der Waals surface area contributed by atoms with Crippen LogP contribution in [0.4, 0.5) is 4.79 Å². The lowest BCUT2D eigenvalue weighted by Crippen LogP contribution is -2.46. The molecular weight excluding hydrogens is 407 g/mol. The van der Waals surface area contributed by atoms with Gasteiger partial charge in [0.15, 0.2) is 5.75 Å². The van der Waals surface area contributed by atoms with Crippen molar-refractivity contribution in [2.45, 2.75) is 39.7 Å². The van der Waals surface area contributed by atoms with Gasteiger partial charge in [-0.05, 0) is 26.3 Å². The van der Waals surface area contributed by atoms with E-state index in [-0.39, 0.29) is 21.4 Å². The number of halogens is 2. The molecule has 0 bridgehead atoms. The van der Waals surface area contributed by atoms with Gasteiger partial charge in [-0.2, -0.15) is 0 Å². The minimum atomic E-state index is -0.838. The first-order valence-electron chi connectivity index (χ1n) is 9.05. The van der Waals surface area contributed by atoms with Crippen molar-refractivity contribution in [1.29, 1.82) is 0 Å². The molecule has 0 spiro atoms. The number of ether oxygens (including phenoxy) is 3. The van der Waals surface area contributed by atoms with E-state index in [9.17, 15) is 9.59 Å². The third kappa shape index (κ3) is 4.47. The van der Waals surface area contributed by atoms with Crippen LogP contribution < -0.4 is 20.1 Å². The maximum Gasteiger partial charge on any atom is 0.337 e. The normalized spacial score (nSPS) is 16.4. The summed E-state index contributed by atoms with van der Waals surface area (Å²) in [5, 5.41) is 5.87. The zero-order valence-corrected chi connectivity index (χ0v) is 17.8. The summed E-state index contributed by atoms with van der Waals surface area (Å²) in [7, 11) is 1.29. The van der Waals surface area contributed by atoms with E-state index in [2.05, 4.69) is 10.6 Å². The number of carbonyl (C=O) groups is 2. The highest BCUT2D eigenvalue weighted by atomic mass is 35.5. The first-order chi connectivity index (χ1) is 13.4. The fourth-order valence-corrected chi connectivity index (χ4v) is 3.67. The highest BCUT2D eigenvalue weighted by Crippen LogP contribution is 2.46. The van der Waals surface area contributed by atoms with Crippen molar-refractivity contribution < 1.29 is 23.8 Å². The number of allylic oxidation sites excluding steroid dienone is 1. The van der Waals surface area contributed by atoms with Crippen molar-refractivity contribution in [3.63, 3.8) is 0 Å². The Labute approximate surface area is 174 Å². The summed E-state index contributed by atoms with van der Waals surface area (Å²) >= 11 is 12.9. The minimum Gasteiger partial charge on any atom is -0.492 e. The second-order valence-corrected chi connectivity index (χ2v) is 6.74. The fourth-order valence-electron chi connectivity index (χ4n) is 3.03. The molecule has 2 amide bonds. The number of benzene rings is 1. The van der Waals surface area contributed by atoms with Crippen molar-refractivity contribution in [3.8, 4) is 11.5 Å². The molecule has 0 fully saturated rings. The predicted molar refractivity (Wildman–Crippen MR) is 107 cm³/mol. The molecule has 1 aromatic rings. The number of rotatable bonds is 8. The van der Waals surface area contributed by atoms with Crippen molar-refractivity contribution in [2.24, 2.45) is 0 Å². The Morgan fingerprint density at radius 2 is 1.79 bits per heavy atom. The molecule has 1 aliphatic rings. The number of carbonyl (C=O) groups excluding carboxylic acids is 2. The van der Waals surface area contributed by atoms with Gasteiger partial charge < -0.3 is 24.8 Å². The van der Waals surface area contributed by atoms with Crippen molar-refractivity contribution in [3.05, 3.63) is 32.9 Å². The summed E-state index contributed by atoms with van der Waals surface area (Å²) in [5.41, 5.74) is 1.22. The molecule has 28 heavy (non-hydrogen) atoms. The molecule has 0 saturated carbocycles. The molecule has 1 atom stereocenters. The molecule has 0 aliphatic carbocycles. The van der Waals surface area contributed by atoms with Gasteiger partial charge in [-0.1, -0.05) is 36.5 Å². The van der Waals surface area contributed by atoms with Gasteiger partial charge in [0.1, 0.15) is 10.8 Å². The smallest absolute Gasteiger partial charge is 0.337 e. The van der Waals surface area contributed by atoms with Gasteiger partial charge >= 0.3 is 12.0 Å². The van der Waals surface area contributed by atoms with E-state index < -0.39 is 18.0 Å². The number of esters is 1. The van der Waals surface area contributed by atoms with Gasteiger partial charge in [-0.3, -0.25) is 0 Å². The van der Waals surface area contributed by atoms with Gasteiger partial charge in [-0.15, -0.1) is 0 Å². The molecule has 2 rings (SSSR count). The van der Waals surface area contributed by atoms with Crippen LogP contribution in [0.2, 0.25) is 10.0 Å². The molecular formula is C19H24Cl2N2O5. The summed E-state index contributed by atoms with van der Waals surface area (Å²) in [6, 6.07) is 0.311. The Bertz CT molecular complexity index is 795. The van der Waals surface area contributed by atoms with Gasteiger partial charge in [0, 0.05) is 11.3 Å². The van der Waals surface area contributed by atoms with Gasteiger partial charge in [0.25, 0.3) is 0 Å². The largest absolute Gasteiger partial charge is 0.492 e. The summed E-state index contributed by atoms with van der Waals surface area (Å²) in [6.45, 7) is 6.24. The van der Waals surface area contributed by atoms with Gasteiger partial charge in [0.05, 0.1) is 37.0 Å². The van der Waals surface area contributed by atoms with E-state index in [1.807, 2.05) is 13.8 Å². The molecule has 0 saturated heterocycles. The molecule has 2 N–H and O–H groups in total. The van der Waals surface area contributed by atoms with Crippen LogP contribution in [0.1, 0.15) is 45.2 Å². The third-order valence-corrected chi connectivity index (χ3v) is 4.73. The Kier molecular flexibility index (Phi) is 7.83. The van der Waals surface area contributed by atoms with E-state index in [0.717, 1.165) is 6.42 Å². The van der Waals surface area contributed by atoms with E-state index in [1.54, 1.807) is 13.0 Å². The lowest BCUT2D eigenvalue weighted by molar-refractivity contribution is -0.136. The lowest BCUT2D eigenvalue weighted by Gasteiger charge is -2.30. The summed E-state index contributed by atoms with van der Waals surface area (Å²) in [5.74, 6) is 0.0154. The number of amides is 2.